The van der Waals surface area contributed by atoms with Crippen molar-refractivity contribution in [3.8, 4) is 0 Å². The Morgan fingerprint density at radius 3 is 2.63 bits per heavy atom. The molecule has 0 saturated carbocycles. The maximum atomic E-state index is 13.1. The topological polar surface area (TPSA) is 12.0 Å². The minimum absolute atomic E-state index is 0.0273. The van der Waals surface area contributed by atoms with Gasteiger partial charge in [-0.1, -0.05) is 18.2 Å². The lowest BCUT2D eigenvalue weighted by Crippen LogP contribution is -2.18. The molecule has 0 aliphatic heterocycles. The zero-order chi connectivity index (χ0) is 13.8. The average molecular weight is 326 g/mol. The van der Waals surface area contributed by atoms with E-state index in [4.69, 9.17) is 0 Å². The Morgan fingerprint density at radius 2 is 1.95 bits per heavy atom. The first kappa shape index (κ1) is 14.2. The number of halogens is 3. The molecule has 100 valence electrons. The van der Waals surface area contributed by atoms with Crippen LogP contribution >= 0.6 is 15.9 Å². The van der Waals surface area contributed by atoms with Crippen LogP contribution in [-0.2, 0) is 6.54 Å². The van der Waals surface area contributed by atoms with Crippen LogP contribution in [0.4, 0.5) is 8.78 Å². The van der Waals surface area contributed by atoms with Crippen molar-refractivity contribution in [2.75, 3.05) is 0 Å². The fraction of sp³-hybridized carbons (Fsp3) is 0.200. The van der Waals surface area contributed by atoms with Crippen LogP contribution in [0.2, 0.25) is 0 Å². The van der Waals surface area contributed by atoms with Crippen LogP contribution in [0.3, 0.4) is 0 Å². The van der Waals surface area contributed by atoms with Crippen LogP contribution in [-0.4, -0.2) is 0 Å². The van der Waals surface area contributed by atoms with Gasteiger partial charge in [0.05, 0.1) is 4.47 Å². The highest BCUT2D eigenvalue weighted by Crippen LogP contribution is 2.18. The van der Waals surface area contributed by atoms with E-state index in [0.717, 1.165) is 11.1 Å². The van der Waals surface area contributed by atoms with Crippen LogP contribution < -0.4 is 5.32 Å². The van der Waals surface area contributed by atoms with Crippen molar-refractivity contribution < 1.29 is 8.78 Å². The molecule has 0 saturated heterocycles. The minimum Gasteiger partial charge on any atom is -0.306 e. The highest BCUT2D eigenvalue weighted by molar-refractivity contribution is 9.10. The van der Waals surface area contributed by atoms with E-state index < -0.39 is 0 Å². The lowest BCUT2D eigenvalue weighted by molar-refractivity contribution is 0.563. The summed E-state index contributed by atoms with van der Waals surface area (Å²) in [5, 5.41) is 3.28. The molecule has 0 bridgehead atoms. The standard InChI is InChI=1S/C15H14BrF2N/c1-10(12-3-2-4-13(17)8-12)19-9-11-5-6-15(18)14(16)7-11/h2-8,10,19H,9H2,1H3. The fourth-order valence-electron chi connectivity index (χ4n) is 1.81. The predicted molar refractivity (Wildman–Crippen MR) is 75.8 cm³/mol. The second-order valence-corrected chi connectivity index (χ2v) is 5.26. The van der Waals surface area contributed by atoms with Crippen molar-refractivity contribution in [3.63, 3.8) is 0 Å². The molecule has 1 unspecified atom stereocenters. The second-order valence-electron chi connectivity index (χ2n) is 4.41. The Morgan fingerprint density at radius 1 is 1.16 bits per heavy atom. The zero-order valence-electron chi connectivity index (χ0n) is 10.5. The summed E-state index contributed by atoms with van der Waals surface area (Å²) in [6.45, 7) is 2.56. The highest BCUT2D eigenvalue weighted by atomic mass is 79.9. The second kappa shape index (κ2) is 6.26. The van der Waals surface area contributed by atoms with Gasteiger partial charge in [0.1, 0.15) is 11.6 Å². The summed E-state index contributed by atoms with van der Waals surface area (Å²) in [4.78, 5) is 0. The van der Waals surface area contributed by atoms with Crippen LogP contribution in [0.5, 0.6) is 0 Å². The Labute approximate surface area is 119 Å². The predicted octanol–water partition coefficient (Wildman–Crippen LogP) is 4.58. The smallest absolute Gasteiger partial charge is 0.137 e. The lowest BCUT2D eigenvalue weighted by atomic mass is 10.1. The summed E-state index contributed by atoms with van der Waals surface area (Å²) in [7, 11) is 0. The maximum Gasteiger partial charge on any atom is 0.137 e. The monoisotopic (exact) mass is 325 g/mol. The van der Waals surface area contributed by atoms with Gasteiger partial charge in [-0.3, -0.25) is 0 Å². The molecule has 0 heterocycles. The molecule has 1 nitrogen and oxygen atoms in total. The first-order chi connectivity index (χ1) is 9.06. The lowest BCUT2D eigenvalue weighted by Gasteiger charge is -2.14. The van der Waals surface area contributed by atoms with Crippen molar-refractivity contribution in [3.05, 3.63) is 69.7 Å². The van der Waals surface area contributed by atoms with Gasteiger partial charge >= 0.3 is 0 Å². The molecule has 0 spiro atoms. The highest BCUT2D eigenvalue weighted by Gasteiger charge is 2.06. The van der Waals surface area contributed by atoms with Gasteiger partial charge in [-0.05, 0) is 58.2 Å². The Kier molecular flexibility index (Phi) is 4.66. The molecule has 0 fully saturated rings. The molecule has 2 aromatic carbocycles. The van der Waals surface area contributed by atoms with Gasteiger partial charge in [0, 0.05) is 12.6 Å². The molecule has 1 atom stereocenters. The normalized spacial score (nSPS) is 12.4. The van der Waals surface area contributed by atoms with Crippen molar-refractivity contribution in [2.24, 2.45) is 0 Å². The molecule has 1 N–H and O–H groups in total. The Bertz CT molecular complexity index is 572. The van der Waals surface area contributed by atoms with E-state index in [-0.39, 0.29) is 17.7 Å². The van der Waals surface area contributed by atoms with E-state index in [1.807, 2.05) is 13.0 Å². The van der Waals surface area contributed by atoms with Crippen molar-refractivity contribution in [2.45, 2.75) is 19.5 Å². The molecule has 0 aliphatic carbocycles. The van der Waals surface area contributed by atoms with Gasteiger partial charge < -0.3 is 5.32 Å². The SMILES string of the molecule is CC(NCc1ccc(F)c(Br)c1)c1cccc(F)c1. The van der Waals surface area contributed by atoms with E-state index >= 15 is 0 Å². The zero-order valence-corrected chi connectivity index (χ0v) is 12.0. The molecular formula is C15H14BrF2N. The van der Waals surface area contributed by atoms with Gasteiger partial charge in [0.15, 0.2) is 0 Å². The van der Waals surface area contributed by atoms with E-state index in [1.54, 1.807) is 18.2 Å². The van der Waals surface area contributed by atoms with E-state index in [2.05, 4.69) is 21.2 Å². The number of hydrogen-bond donors (Lipinski definition) is 1. The Hall–Kier alpha value is -1.26. The maximum absolute atomic E-state index is 13.1. The summed E-state index contributed by atoms with van der Waals surface area (Å²) in [5.41, 5.74) is 1.86. The van der Waals surface area contributed by atoms with Crippen LogP contribution in [0.25, 0.3) is 0 Å². The summed E-state index contributed by atoms with van der Waals surface area (Å²) < 4.78 is 26.7. The number of hydrogen-bond acceptors (Lipinski definition) is 1. The van der Waals surface area contributed by atoms with Crippen LogP contribution in [0.15, 0.2) is 46.9 Å². The van der Waals surface area contributed by atoms with E-state index in [1.165, 1.54) is 18.2 Å². The number of nitrogens with one attached hydrogen (secondary N) is 1. The first-order valence-corrected chi connectivity index (χ1v) is 6.78. The fourth-order valence-corrected chi connectivity index (χ4v) is 2.24. The van der Waals surface area contributed by atoms with Gasteiger partial charge in [-0.15, -0.1) is 0 Å². The van der Waals surface area contributed by atoms with Gasteiger partial charge in [0.2, 0.25) is 0 Å². The third kappa shape index (κ3) is 3.85. The molecule has 19 heavy (non-hydrogen) atoms. The first-order valence-electron chi connectivity index (χ1n) is 5.99. The molecule has 0 aliphatic rings. The number of rotatable bonds is 4. The quantitative estimate of drug-likeness (QED) is 0.867. The van der Waals surface area contributed by atoms with E-state index in [0.29, 0.717) is 11.0 Å². The minimum atomic E-state index is -0.276. The van der Waals surface area contributed by atoms with Gasteiger partial charge in [-0.25, -0.2) is 8.78 Å². The molecule has 0 amide bonds. The molecule has 0 radical (unpaired) electrons. The summed E-state index contributed by atoms with van der Waals surface area (Å²) in [6.07, 6.45) is 0. The Balaban J connectivity index is 2.00. The molecular weight excluding hydrogens is 312 g/mol. The summed E-state index contributed by atoms with van der Waals surface area (Å²) in [5.74, 6) is -0.516. The van der Waals surface area contributed by atoms with Crippen molar-refractivity contribution >= 4 is 15.9 Å². The average Bonchev–Trinajstić information content (AvgIpc) is 2.40. The molecule has 2 rings (SSSR count). The third-order valence-corrected chi connectivity index (χ3v) is 3.55. The molecule has 4 heteroatoms. The third-order valence-electron chi connectivity index (χ3n) is 2.95. The largest absolute Gasteiger partial charge is 0.306 e. The van der Waals surface area contributed by atoms with Gasteiger partial charge in [0.25, 0.3) is 0 Å². The van der Waals surface area contributed by atoms with Crippen molar-refractivity contribution in [1.82, 2.24) is 5.32 Å². The van der Waals surface area contributed by atoms with Crippen molar-refractivity contribution in [1.29, 1.82) is 0 Å². The molecule has 0 aromatic heterocycles. The number of benzene rings is 2. The molecule has 2 aromatic rings. The van der Waals surface area contributed by atoms with Crippen LogP contribution in [0.1, 0.15) is 24.1 Å². The summed E-state index contributed by atoms with van der Waals surface area (Å²) >= 11 is 3.16. The van der Waals surface area contributed by atoms with Gasteiger partial charge in [-0.2, -0.15) is 0 Å². The van der Waals surface area contributed by atoms with Crippen LogP contribution in [0, 0.1) is 11.6 Å². The van der Waals surface area contributed by atoms with E-state index in [9.17, 15) is 8.78 Å². The summed E-state index contributed by atoms with van der Waals surface area (Å²) in [6, 6.07) is 11.4.